The van der Waals surface area contributed by atoms with Gasteiger partial charge in [0, 0.05) is 18.3 Å². The fraction of sp³-hybridized carbons (Fsp3) is 0.467. The monoisotopic (exact) mass is 260 g/mol. The number of rotatable bonds is 3. The van der Waals surface area contributed by atoms with E-state index in [9.17, 15) is 9.59 Å². The van der Waals surface area contributed by atoms with Crippen LogP contribution in [0.3, 0.4) is 0 Å². The molecule has 4 nitrogen and oxygen atoms in total. The third-order valence-corrected chi connectivity index (χ3v) is 3.50. The van der Waals surface area contributed by atoms with Crippen LogP contribution in [0.5, 0.6) is 0 Å². The van der Waals surface area contributed by atoms with E-state index < -0.39 is 5.92 Å². The molecule has 0 bridgehead atoms. The Balaban J connectivity index is 2.01. The van der Waals surface area contributed by atoms with Gasteiger partial charge < -0.3 is 10.2 Å². The van der Waals surface area contributed by atoms with E-state index >= 15 is 0 Å². The average Bonchev–Trinajstić information content (AvgIpc) is 2.74. The Hall–Kier alpha value is -1.84. The van der Waals surface area contributed by atoms with Crippen molar-refractivity contribution in [1.29, 1.82) is 0 Å². The fourth-order valence-corrected chi connectivity index (χ4v) is 2.32. The van der Waals surface area contributed by atoms with Gasteiger partial charge in [-0.05, 0) is 39.3 Å². The highest BCUT2D eigenvalue weighted by molar-refractivity contribution is 6.07. The molecule has 1 aromatic rings. The third kappa shape index (κ3) is 2.95. The van der Waals surface area contributed by atoms with E-state index in [0.717, 1.165) is 11.3 Å². The Bertz CT molecular complexity index is 479. The van der Waals surface area contributed by atoms with Crippen molar-refractivity contribution in [3.05, 3.63) is 29.8 Å². The minimum absolute atomic E-state index is 0.0559. The summed E-state index contributed by atoms with van der Waals surface area (Å²) in [6.07, 6.45) is 0.606. The maximum atomic E-state index is 12.1. The SMILES string of the molecule is Cc1ccc(NC(=O)C2CCN(C(C)C)C2=O)cc1. The van der Waals surface area contributed by atoms with Gasteiger partial charge in [-0.15, -0.1) is 0 Å². The highest BCUT2D eigenvalue weighted by atomic mass is 16.2. The lowest BCUT2D eigenvalue weighted by molar-refractivity contribution is -0.136. The number of likely N-dealkylation sites (tertiary alicyclic amines) is 1. The number of carbonyl (C=O) groups is 2. The molecule has 102 valence electrons. The maximum Gasteiger partial charge on any atom is 0.237 e. The molecule has 0 aliphatic carbocycles. The Morgan fingerprint density at radius 3 is 2.47 bits per heavy atom. The lowest BCUT2D eigenvalue weighted by Gasteiger charge is -2.20. The molecule has 1 heterocycles. The first-order chi connectivity index (χ1) is 8.99. The number of nitrogens with zero attached hydrogens (tertiary/aromatic N) is 1. The summed E-state index contributed by atoms with van der Waals surface area (Å²) >= 11 is 0. The number of carbonyl (C=O) groups excluding carboxylic acids is 2. The van der Waals surface area contributed by atoms with Gasteiger partial charge in [-0.3, -0.25) is 9.59 Å². The summed E-state index contributed by atoms with van der Waals surface area (Å²) in [5.41, 5.74) is 1.88. The summed E-state index contributed by atoms with van der Waals surface area (Å²) in [6.45, 7) is 6.60. The van der Waals surface area contributed by atoms with Crippen LogP contribution in [0, 0.1) is 12.8 Å². The van der Waals surface area contributed by atoms with Crippen LogP contribution in [0.15, 0.2) is 24.3 Å². The van der Waals surface area contributed by atoms with Crippen LogP contribution in [0.2, 0.25) is 0 Å². The summed E-state index contributed by atoms with van der Waals surface area (Å²) in [5.74, 6) is -0.791. The Kier molecular flexibility index (Phi) is 3.88. The largest absolute Gasteiger partial charge is 0.340 e. The quantitative estimate of drug-likeness (QED) is 0.847. The second-order valence-corrected chi connectivity index (χ2v) is 5.32. The van der Waals surface area contributed by atoms with E-state index in [0.29, 0.717) is 13.0 Å². The number of nitrogens with one attached hydrogen (secondary N) is 1. The van der Waals surface area contributed by atoms with E-state index in [2.05, 4.69) is 5.32 Å². The molecule has 1 atom stereocenters. The summed E-state index contributed by atoms with van der Waals surface area (Å²) in [6, 6.07) is 7.74. The first-order valence-electron chi connectivity index (χ1n) is 6.67. The van der Waals surface area contributed by atoms with Gasteiger partial charge in [-0.1, -0.05) is 17.7 Å². The number of amides is 2. The van der Waals surface area contributed by atoms with Gasteiger partial charge in [0.25, 0.3) is 0 Å². The van der Waals surface area contributed by atoms with Crippen LogP contribution in [-0.2, 0) is 9.59 Å². The van der Waals surface area contributed by atoms with Gasteiger partial charge in [0.05, 0.1) is 0 Å². The molecule has 1 aromatic carbocycles. The van der Waals surface area contributed by atoms with E-state index in [4.69, 9.17) is 0 Å². The van der Waals surface area contributed by atoms with Gasteiger partial charge in [0.15, 0.2) is 0 Å². The molecule has 0 spiro atoms. The van der Waals surface area contributed by atoms with Crippen LogP contribution in [0.25, 0.3) is 0 Å². The maximum absolute atomic E-state index is 12.1. The number of anilines is 1. The molecular formula is C15H20N2O2. The minimum Gasteiger partial charge on any atom is -0.340 e. The zero-order valence-electron chi connectivity index (χ0n) is 11.6. The van der Waals surface area contributed by atoms with Crippen molar-refractivity contribution in [2.24, 2.45) is 5.92 Å². The molecule has 0 saturated carbocycles. The number of hydrogen-bond donors (Lipinski definition) is 1. The topological polar surface area (TPSA) is 49.4 Å². The number of hydrogen-bond acceptors (Lipinski definition) is 2. The highest BCUT2D eigenvalue weighted by Gasteiger charge is 2.37. The molecule has 0 aromatic heterocycles. The van der Waals surface area contributed by atoms with Crippen molar-refractivity contribution in [3.63, 3.8) is 0 Å². The Morgan fingerprint density at radius 2 is 1.95 bits per heavy atom. The zero-order chi connectivity index (χ0) is 14.0. The van der Waals surface area contributed by atoms with Crippen molar-refractivity contribution in [2.45, 2.75) is 33.2 Å². The average molecular weight is 260 g/mol. The number of benzene rings is 1. The predicted molar refractivity (Wildman–Crippen MR) is 74.8 cm³/mol. The molecule has 2 rings (SSSR count). The molecule has 1 unspecified atom stereocenters. The second-order valence-electron chi connectivity index (χ2n) is 5.32. The first kappa shape index (κ1) is 13.6. The Morgan fingerprint density at radius 1 is 1.32 bits per heavy atom. The second kappa shape index (κ2) is 5.43. The lowest BCUT2D eigenvalue weighted by atomic mass is 10.1. The standard InChI is InChI=1S/C15H20N2O2/c1-10(2)17-9-8-13(15(17)19)14(18)16-12-6-4-11(3)5-7-12/h4-7,10,13H,8-9H2,1-3H3,(H,16,18). The first-order valence-corrected chi connectivity index (χ1v) is 6.67. The number of aryl methyl sites for hydroxylation is 1. The smallest absolute Gasteiger partial charge is 0.237 e. The summed E-state index contributed by atoms with van der Waals surface area (Å²) < 4.78 is 0. The zero-order valence-corrected chi connectivity index (χ0v) is 11.6. The molecule has 1 N–H and O–H groups in total. The molecule has 1 fully saturated rings. The van der Waals surface area contributed by atoms with E-state index in [-0.39, 0.29) is 17.9 Å². The van der Waals surface area contributed by atoms with Gasteiger partial charge in [-0.25, -0.2) is 0 Å². The van der Waals surface area contributed by atoms with Crippen molar-refractivity contribution in [1.82, 2.24) is 4.90 Å². The van der Waals surface area contributed by atoms with E-state index in [1.165, 1.54) is 0 Å². The van der Waals surface area contributed by atoms with Crippen LogP contribution < -0.4 is 5.32 Å². The van der Waals surface area contributed by atoms with Crippen molar-refractivity contribution in [3.8, 4) is 0 Å². The highest BCUT2D eigenvalue weighted by Crippen LogP contribution is 2.22. The van der Waals surface area contributed by atoms with Gasteiger partial charge >= 0.3 is 0 Å². The molecule has 2 amide bonds. The van der Waals surface area contributed by atoms with Crippen LogP contribution >= 0.6 is 0 Å². The minimum atomic E-state index is -0.538. The molecule has 0 radical (unpaired) electrons. The van der Waals surface area contributed by atoms with Gasteiger partial charge in [0.2, 0.25) is 11.8 Å². The summed E-state index contributed by atoms with van der Waals surface area (Å²) in [4.78, 5) is 26.0. The molecular weight excluding hydrogens is 240 g/mol. The summed E-state index contributed by atoms with van der Waals surface area (Å²) in [7, 11) is 0. The van der Waals surface area contributed by atoms with Gasteiger partial charge in [-0.2, -0.15) is 0 Å². The van der Waals surface area contributed by atoms with Crippen molar-refractivity contribution in [2.75, 3.05) is 11.9 Å². The normalized spacial score (nSPS) is 19.1. The van der Waals surface area contributed by atoms with Gasteiger partial charge in [0.1, 0.15) is 5.92 Å². The molecule has 4 heteroatoms. The van der Waals surface area contributed by atoms with Crippen molar-refractivity contribution < 1.29 is 9.59 Å². The molecule has 1 saturated heterocycles. The van der Waals surface area contributed by atoms with Crippen molar-refractivity contribution >= 4 is 17.5 Å². The van der Waals surface area contributed by atoms with E-state index in [1.807, 2.05) is 45.0 Å². The fourth-order valence-electron chi connectivity index (χ4n) is 2.32. The predicted octanol–water partition coefficient (Wildman–Crippen LogP) is 2.19. The van der Waals surface area contributed by atoms with Crippen LogP contribution in [0.1, 0.15) is 25.8 Å². The molecule has 1 aliphatic heterocycles. The van der Waals surface area contributed by atoms with Crippen LogP contribution in [-0.4, -0.2) is 29.3 Å². The van der Waals surface area contributed by atoms with Crippen LogP contribution in [0.4, 0.5) is 5.69 Å². The lowest BCUT2D eigenvalue weighted by Crippen LogP contribution is -2.36. The molecule has 19 heavy (non-hydrogen) atoms. The third-order valence-electron chi connectivity index (χ3n) is 3.50. The molecule has 1 aliphatic rings. The summed E-state index contributed by atoms with van der Waals surface area (Å²) in [5, 5.41) is 2.81. The van der Waals surface area contributed by atoms with E-state index in [1.54, 1.807) is 4.90 Å². The Labute approximate surface area is 113 Å².